The predicted octanol–water partition coefficient (Wildman–Crippen LogP) is 3.48. The fourth-order valence-corrected chi connectivity index (χ4v) is 2.99. The van der Waals surface area contributed by atoms with Crippen LogP contribution in [0.4, 0.5) is 0 Å². The van der Waals surface area contributed by atoms with Gasteiger partial charge >= 0.3 is 0 Å². The van der Waals surface area contributed by atoms with E-state index in [4.69, 9.17) is 0 Å². The van der Waals surface area contributed by atoms with Crippen molar-refractivity contribution in [1.29, 1.82) is 0 Å². The van der Waals surface area contributed by atoms with Crippen LogP contribution in [0.2, 0.25) is 0 Å². The third-order valence-corrected chi connectivity index (χ3v) is 4.13. The van der Waals surface area contributed by atoms with Crippen molar-refractivity contribution in [3.63, 3.8) is 0 Å². The lowest BCUT2D eigenvalue weighted by molar-refractivity contribution is 0.0951. The van der Waals surface area contributed by atoms with E-state index in [0.29, 0.717) is 0 Å². The fourth-order valence-electron chi connectivity index (χ4n) is 2.99. The highest BCUT2D eigenvalue weighted by atomic mass is 16.1. The summed E-state index contributed by atoms with van der Waals surface area (Å²) in [6.07, 6.45) is 8.42. The Labute approximate surface area is 113 Å². The van der Waals surface area contributed by atoms with Crippen LogP contribution in [0, 0.1) is 5.92 Å². The standard InChI is InChI=1S/C16H20N2O/c19-16(18-9-7-12-3-1-2-4-12)14-5-6-15-13(11-14)8-10-17-15/h5-6,8,10-12,17H,1-4,7,9H2,(H,18,19). The summed E-state index contributed by atoms with van der Waals surface area (Å²) in [6.45, 7) is 0.800. The summed E-state index contributed by atoms with van der Waals surface area (Å²) < 4.78 is 0. The maximum absolute atomic E-state index is 12.1. The van der Waals surface area contributed by atoms with Gasteiger partial charge in [0, 0.05) is 29.2 Å². The number of fused-ring (bicyclic) bond motifs is 1. The van der Waals surface area contributed by atoms with E-state index >= 15 is 0 Å². The van der Waals surface area contributed by atoms with Crippen molar-refractivity contribution in [3.8, 4) is 0 Å². The minimum Gasteiger partial charge on any atom is -0.361 e. The quantitative estimate of drug-likeness (QED) is 0.864. The molecule has 3 rings (SSSR count). The van der Waals surface area contributed by atoms with Gasteiger partial charge in [0.05, 0.1) is 0 Å². The fraction of sp³-hybridized carbons (Fsp3) is 0.438. The van der Waals surface area contributed by atoms with E-state index in [-0.39, 0.29) is 5.91 Å². The average molecular weight is 256 g/mol. The van der Waals surface area contributed by atoms with Gasteiger partial charge in [-0.3, -0.25) is 4.79 Å². The van der Waals surface area contributed by atoms with E-state index < -0.39 is 0 Å². The molecule has 1 aliphatic carbocycles. The van der Waals surface area contributed by atoms with Gasteiger partial charge in [0.1, 0.15) is 0 Å². The Morgan fingerprint density at radius 2 is 2.11 bits per heavy atom. The topological polar surface area (TPSA) is 44.9 Å². The van der Waals surface area contributed by atoms with Crippen molar-refractivity contribution in [1.82, 2.24) is 10.3 Å². The molecule has 1 aromatic carbocycles. The number of benzene rings is 1. The number of hydrogen-bond donors (Lipinski definition) is 2. The SMILES string of the molecule is O=C(NCCC1CCCC1)c1ccc2[nH]ccc2c1. The molecule has 1 aromatic heterocycles. The summed E-state index contributed by atoms with van der Waals surface area (Å²) in [5, 5.41) is 4.12. The summed E-state index contributed by atoms with van der Waals surface area (Å²) in [6, 6.07) is 7.77. The molecular weight excluding hydrogens is 236 g/mol. The minimum atomic E-state index is 0.0427. The first-order chi connectivity index (χ1) is 9.33. The van der Waals surface area contributed by atoms with Crippen molar-refractivity contribution in [2.24, 2.45) is 5.92 Å². The number of carbonyl (C=O) groups is 1. The molecule has 0 saturated heterocycles. The van der Waals surface area contributed by atoms with Gasteiger partial charge in [-0.15, -0.1) is 0 Å². The highest BCUT2D eigenvalue weighted by Crippen LogP contribution is 2.26. The van der Waals surface area contributed by atoms with Gasteiger partial charge < -0.3 is 10.3 Å². The molecule has 1 fully saturated rings. The van der Waals surface area contributed by atoms with Gasteiger partial charge in [-0.25, -0.2) is 0 Å². The van der Waals surface area contributed by atoms with Gasteiger partial charge in [-0.1, -0.05) is 25.7 Å². The zero-order valence-electron chi connectivity index (χ0n) is 11.1. The molecule has 2 N–H and O–H groups in total. The number of aromatic nitrogens is 1. The second kappa shape index (κ2) is 5.47. The van der Waals surface area contributed by atoms with Gasteiger partial charge in [0.2, 0.25) is 0 Å². The molecule has 0 spiro atoms. The van der Waals surface area contributed by atoms with Crippen LogP contribution in [0.15, 0.2) is 30.5 Å². The second-order valence-electron chi connectivity index (χ2n) is 5.47. The van der Waals surface area contributed by atoms with Crippen molar-refractivity contribution in [3.05, 3.63) is 36.0 Å². The van der Waals surface area contributed by atoms with Gasteiger partial charge in [0.15, 0.2) is 0 Å². The summed E-state index contributed by atoms with van der Waals surface area (Å²) in [4.78, 5) is 15.2. The van der Waals surface area contributed by atoms with Crippen LogP contribution in [0.3, 0.4) is 0 Å². The van der Waals surface area contributed by atoms with Crippen LogP contribution in [-0.4, -0.2) is 17.4 Å². The molecule has 3 nitrogen and oxygen atoms in total. The number of rotatable bonds is 4. The smallest absolute Gasteiger partial charge is 0.251 e. The number of carbonyl (C=O) groups excluding carboxylic acids is 1. The first kappa shape index (κ1) is 12.3. The maximum Gasteiger partial charge on any atom is 0.251 e. The first-order valence-corrected chi connectivity index (χ1v) is 7.18. The molecule has 1 saturated carbocycles. The van der Waals surface area contributed by atoms with Gasteiger partial charge in [0.25, 0.3) is 5.91 Å². The molecular formula is C16H20N2O. The molecule has 0 bridgehead atoms. The zero-order chi connectivity index (χ0) is 13.1. The first-order valence-electron chi connectivity index (χ1n) is 7.18. The number of nitrogens with one attached hydrogen (secondary N) is 2. The molecule has 2 aromatic rings. The lowest BCUT2D eigenvalue weighted by Gasteiger charge is -2.09. The predicted molar refractivity (Wildman–Crippen MR) is 77.2 cm³/mol. The molecule has 0 aliphatic heterocycles. The highest BCUT2D eigenvalue weighted by Gasteiger charge is 2.15. The zero-order valence-corrected chi connectivity index (χ0v) is 11.1. The van der Waals surface area contributed by atoms with Crippen LogP contribution in [0.25, 0.3) is 10.9 Å². The Morgan fingerprint density at radius 1 is 1.26 bits per heavy atom. The van der Waals surface area contributed by atoms with Gasteiger partial charge in [-0.05, 0) is 36.6 Å². The van der Waals surface area contributed by atoms with Crippen LogP contribution in [-0.2, 0) is 0 Å². The summed E-state index contributed by atoms with van der Waals surface area (Å²) in [5.41, 5.74) is 1.82. The molecule has 3 heteroatoms. The molecule has 0 unspecified atom stereocenters. The Kier molecular flexibility index (Phi) is 3.53. The number of amides is 1. The van der Waals surface area contributed by atoms with E-state index in [1.807, 2.05) is 30.5 Å². The van der Waals surface area contributed by atoms with Crippen molar-refractivity contribution in [2.45, 2.75) is 32.1 Å². The van der Waals surface area contributed by atoms with E-state index in [1.54, 1.807) is 0 Å². The van der Waals surface area contributed by atoms with Gasteiger partial charge in [-0.2, -0.15) is 0 Å². The second-order valence-corrected chi connectivity index (χ2v) is 5.47. The van der Waals surface area contributed by atoms with E-state index in [9.17, 15) is 4.79 Å². The number of hydrogen-bond acceptors (Lipinski definition) is 1. The largest absolute Gasteiger partial charge is 0.361 e. The summed E-state index contributed by atoms with van der Waals surface area (Å²) in [7, 11) is 0. The molecule has 1 heterocycles. The average Bonchev–Trinajstić information content (AvgIpc) is 3.08. The molecule has 0 atom stereocenters. The normalized spacial score (nSPS) is 16.0. The minimum absolute atomic E-state index is 0.0427. The molecule has 1 aliphatic rings. The molecule has 100 valence electrons. The van der Waals surface area contributed by atoms with E-state index in [0.717, 1.165) is 35.3 Å². The Balaban J connectivity index is 1.56. The summed E-state index contributed by atoms with van der Waals surface area (Å²) >= 11 is 0. The Bertz CT molecular complexity index is 567. The highest BCUT2D eigenvalue weighted by molar-refractivity contribution is 5.98. The third-order valence-electron chi connectivity index (χ3n) is 4.13. The summed E-state index contributed by atoms with van der Waals surface area (Å²) in [5.74, 6) is 0.869. The van der Waals surface area contributed by atoms with Crippen LogP contribution >= 0.6 is 0 Å². The van der Waals surface area contributed by atoms with E-state index in [1.165, 1.54) is 25.7 Å². The number of aromatic amines is 1. The van der Waals surface area contributed by atoms with Crippen LogP contribution in [0.1, 0.15) is 42.5 Å². The van der Waals surface area contributed by atoms with Crippen molar-refractivity contribution in [2.75, 3.05) is 6.54 Å². The molecule has 1 amide bonds. The van der Waals surface area contributed by atoms with Crippen LogP contribution < -0.4 is 5.32 Å². The third kappa shape index (κ3) is 2.80. The van der Waals surface area contributed by atoms with Crippen molar-refractivity contribution >= 4 is 16.8 Å². The molecule has 0 radical (unpaired) electrons. The Hall–Kier alpha value is -1.77. The lowest BCUT2D eigenvalue weighted by atomic mass is 10.0. The maximum atomic E-state index is 12.1. The number of H-pyrrole nitrogens is 1. The van der Waals surface area contributed by atoms with E-state index in [2.05, 4.69) is 10.3 Å². The lowest BCUT2D eigenvalue weighted by Crippen LogP contribution is -2.25. The Morgan fingerprint density at radius 3 is 2.95 bits per heavy atom. The molecule has 19 heavy (non-hydrogen) atoms. The van der Waals surface area contributed by atoms with Crippen molar-refractivity contribution < 1.29 is 4.79 Å². The van der Waals surface area contributed by atoms with Crippen LogP contribution in [0.5, 0.6) is 0 Å². The monoisotopic (exact) mass is 256 g/mol.